The van der Waals surface area contributed by atoms with Crippen molar-refractivity contribution in [1.29, 1.82) is 0 Å². The van der Waals surface area contributed by atoms with E-state index in [0.29, 0.717) is 13.1 Å². The number of unbranched alkanes of at least 4 members (excludes halogenated alkanes) is 1. The number of hydrogen-bond acceptors (Lipinski definition) is 4. The highest BCUT2D eigenvalue weighted by molar-refractivity contribution is 7.10. The standard InChI is InChI=1S/C22H28N2O3S/c1-4-5-12-23(16(2)25)15-21(26)24-13-10-20-19(11-14-28-20)22(24)17-6-8-18(27-3)9-7-17/h6-9,11,14,22H,4-5,10,12-13,15H2,1-3H3/t22-/m0/s1. The second-order valence-corrected chi connectivity index (χ2v) is 8.11. The Labute approximate surface area is 170 Å². The minimum absolute atomic E-state index is 0.00368. The first-order valence-corrected chi connectivity index (χ1v) is 10.7. The summed E-state index contributed by atoms with van der Waals surface area (Å²) in [6.45, 7) is 5.06. The molecule has 5 nitrogen and oxygen atoms in total. The van der Waals surface area contributed by atoms with Gasteiger partial charge < -0.3 is 14.5 Å². The van der Waals surface area contributed by atoms with Crippen molar-refractivity contribution >= 4 is 23.2 Å². The molecule has 2 aromatic rings. The molecule has 0 radical (unpaired) electrons. The molecular weight excluding hydrogens is 372 g/mol. The number of carbonyl (C=O) groups is 2. The van der Waals surface area contributed by atoms with E-state index in [-0.39, 0.29) is 24.4 Å². The minimum Gasteiger partial charge on any atom is -0.497 e. The average molecular weight is 401 g/mol. The number of methoxy groups -OCH3 is 1. The van der Waals surface area contributed by atoms with Crippen LogP contribution in [0.1, 0.15) is 48.7 Å². The van der Waals surface area contributed by atoms with E-state index in [9.17, 15) is 9.59 Å². The zero-order valence-electron chi connectivity index (χ0n) is 16.8. The van der Waals surface area contributed by atoms with Crippen LogP contribution in [0.2, 0.25) is 0 Å². The SMILES string of the molecule is CCCCN(CC(=O)N1CCc2sccc2[C@@H]1c1ccc(OC)cc1)C(C)=O. The molecule has 150 valence electrons. The van der Waals surface area contributed by atoms with Crippen LogP contribution < -0.4 is 4.74 Å². The average Bonchev–Trinajstić information content (AvgIpc) is 3.19. The lowest BCUT2D eigenvalue weighted by Gasteiger charge is -2.37. The maximum atomic E-state index is 13.2. The van der Waals surface area contributed by atoms with Gasteiger partial charge in [-0.15, -0.1) is 11.3 Å². The van der Waals surface area contributed by atoms with Gasteiger partial charge in [-0.05, 0) is 47.5 Å². The summed E-state index contributed by atoms with van der Waals surface area (Å²) < 4.78 is 5.28. The Hall–Kier alpha value is -2.34. The molecule has 6 heteroatoms. The number of ether oxygens (including phenoxy) is 1. The van der Waals surface area contributed by atoms with Crippen LogP contribution in [0, 0.1) is 0 Å². The van der Waals surface area contributed by atoms with Crippen molar-refractivity contribution in [3.8, 4) is 5.75 Å². The lowest BCUT2D eigenvalue weighted by molar-refractivity contribution is -0.140. The summed E-state index contributed by atoms with van der Waals surface area (Å²) in [4.78, 5) is 30.1. The van der Waals surface area contributed by atoms with E-state index >= 15 is 0 Å². The van der Waals surface area contributed by atoms with Gasteiger partial charge in [-0.1, -0.05) is 25.5 Å². The number of amides is 2. The van der Waals surface area contributed by atoms with Gasteiger partial charge in [0.2, 0.25) is 11.8 Å². The van der Waals surface area contributed by atoms with Crippen LogP contribution in [-0.2, 0) is 16.0 Å². The molecule has 0 aliphatic carbocycles. The van der Waals surface area contributed by atoms with Gasteiger partial charge in [0.05, 0.1) is 19.7 Å². The highest BCUT2D eigenvalue weighted by Gasteiger charge is 2.33. The van der Waals surface area contributed by atoms with Crippen LogP contribution in [0.15, 0.2) is 35.7 Å². The summed E-state index contributed by atoms with van der Waals surface area (Å²) in [7, 11) is 1.65. The first-order valence-electron chi connectivity index (χ1n) is 9.80. The lowest BCUT2D eigenvalue weighted by Crippen LogP contribution is -2.46. The summed E-state index contributed by atoms with van der Waals surface area (Å²) in [5, 5.41) is 2.10. The molecule has 0 saturated heterocycles. The van der Waals surface area contributed by atoms with Crippen molar-refractivity contribution in [2.24, 2.45) is 0 Å². The highest BCUT2D eigenvalue weighted by atomic mass is 32.1. The number of nitrogens with zero attached hydrogens (tertiary/aromatic N) is 2. The second kappa shape index (κ2) is 9.24. The number of thiophene rings is 1. The van der Waals surface area contributed by atoms with Crippen LogP contribution in [0.3, 0.4) is 0 Å². The van der Waals surface area contributed by atoms with E-state index in [1.54, 1.807) is 23.3 Å². The third-order valence-corrected chi connectivity index (χ3v) is 6.27. The van der Waals surface area contributed by atoms with Gasteiger partial charge >= 0.3 is 0 Å². The van der Waals surface area contributed by atoms with Gasteiger partial charge in [-0.3, -0.25) is 9.59 Å². The summed E-state index contributed by atoms with van der Waals surface area (Å²) in [5.41, 5.74) is 2.26. The van der Waals surface area contributed by atoms with Gasteiger partial charge in [-0.2, -0.15) is 0 Å². The fourth-order valence-corrected chi connectivity index (χ4v) is 4.59. The zero-order chi connectivity index (χ0) is 20.1. The predicted molar refractivity (Wildman–Crippen MR) is 112 cm³/mol. The zero-order valence-corrected chi connectivity index (χ0v) is 17.6. The number of fused-ring (bicyclic) bond motifs is 1. The van der Waals surface area contributed by atoms with E-state index in [1.165, 1.54) is 17.4 Å². The van der Waals surface area contributed by atoms with E-state index in [0.717, 1.165) is 30.6 Å². The predicted octanol–water partition coefficient (Wildman–Crippen LogP) is 3.88. The van der Waals surface area contributed by atoms with Crippen molar-refractivity contribution < 1.29 is 14.3 Å². The third-order valence-electron chi connectivity index (χ3n) is 5.27. The molecule has 1 aromatic carbocycles. The first-order chi connectivity index (χ1) is 13.5. The highest BCUT2D eigenvalue weighted by Crippen LogP contribution is 2.38. The largest absolute Gasteiger partial charge is 0.497 e. The van der Waals surface area contributed by atoms with Crippen LogP contribution in [-0.4, -0.2) is 48.4 Å². The Morgan fingerprint density at radius 3 is 2.64 bits per heavy atom. The summed E-state index contributed by atoms with van der Waals surface area (Å²) in [5.74, 6) is 0.755. The second-order valence-electron chi connectivity index (χ2n) is 7.11. The molecule has 0 unspecified atom stereocenters. The Kier molecular flexibility index (Phi) is 6.73. The number of carbonyl (C=O) groups excluding carboxylic acids is 2. The molecule has 0 bridgehead atoms. The van der Waals surface area contributed by atoms with E-state index in [1.807, 2.05) is 29.2 Å². The third kappa shape index (κ3) is 4.38. The number of benzene rings is 1. The van der Waals surface area contributed by atoms with Crippen LogP contribution in [0.5, 0.6) is 5.75 Å². The molecule has 3 rings (SSSR count). The summed E-state index contributed by atoms with van der Waals surface area (Å²) in [6, 6.07) is 9.91. The van der Waals surface area contributed by atoms with Gasteiger partial charge in [0.25, 0.3) is 0 Å². The van der Waals surface area contributed by atoms with Gasteiger partial charge in [-0.25, -0.2) is 0 Å². The Morgan fingerprint density at radius 2 is 2.00 bits per heavy atom. The topological polar surface area (TPSA) is 49.9 Å². The van der Waals surface area contributed by atoms with Crippen molar-refractivity contribution in [1.82, 2.24) is 9.80 Å². The fraction of sp³-hybridized carbons (Fsp3) is 0.455. The maximum absolute atomic E-state index is 13.2. The molecule has 1 atom stereocenters. The quantitative estimate of drug-likeness (QED) is 0.709. The molecule has 2 amide bonds. The normalized spacial score (nSPS) is 15.8. The maximum Gasteiger partial charge on any atom is 0.242 e. The Morgan fingerprint density at radius 1 is 1.25 bits per heavy atom. The smallest absolute Gasteiger partial charge is 0.242 e. The van der Waals surface area contributed by atoms with Gasteiger partial charge in [0.15, 0.2) is 0 Å². The molecule has 0 spiro atoms. The molecule has 0 N–H and O–H groups in total. The van der Waals surface area contributed by atoms with E-state index in [2.05, 4.69) is 18.4 Å². The molecule has 1 aliphatic heterocycles. The number of hydrogen-bond donors (Lipinski definition) is 0. The molecule has 0 fully saturated rings. The van der Waals surface area contributed by atoms with Gasteiger partial charge in [0, 0.05) is 24.9 Å². The minimum atomic E-state index is -0.117. The van der Waals surface area contributed by atoms with Crippen molar-refractivity contribution in [3.63, 3.8) is 0 Å². The van der Waals surface area contributed by atoms with Crippen molar-refractivity contribution in [3.05, 3.63) is 51.7 Å². The molecule has 2 heterocycles. The van der Waals surface area contributed by atoms with Crippen molar-refractivity contribution in [2.75, 3.05) is 26.7 Å². The fourth-order valence-electron chi connectivity index (χ4n) is 3.68. The van der Waals surface area contributed by atoms with Crippen LogP contribution >= 0.6 is 11.3 Å². The number of rotatable bonds is 7. The van der Waals surface area contributed by atoms with E-state index in [4.69, 9.17) is 4.74 Å². The summed E-state index contributed by atoms with van der Waals surface area (Å²) in [6.07, 6.45) is 2.76. The molecule has 1 aliphatic rings. The Balaban J connectivity index is 1.87. The van der Waals surface area contributed by atoms with Crippen LogP contribution in [0.4, 0.5) is 0 Å². The first kappa shape index (κ1) is 20.4. The van der Waals surface area contributed by atoms with Gasteiger partial charge in [0.1, 0.15) is 5.75 Å². The molecule has 0 saturated carbocycles. The lowest BCUT2D eigenvalue weighted by atomic mass is 9.93. The van der Waals surface area contributed by atoms with E-state index < -0.39 is 0 Å². The monoisotopic (exact) mass is 400 g/mol. The molecule has 1 aromatic heterocycles. The summed E-state index contributed by atoms with van der Waals surface area (Å²) >= 11 is 1.75. The Bertz CT molecular complexity index is 815. The molecular formula is C22H28N2O3S. The van der Waals surface area contributed by atoms with Crippen LogP contribution in [0.25, 0.3) is 0 Å². The molecule has 28 heavy (non-hydrogen) atoms. The van der Waals surface area contributed by atoms with Crippen molar-refractivity contribution in [2.45, 2.75) is 39.2 Å².